The van der Waals surface area contributed by atoms with Gasteiger partial charge in [-0.25, -0.2) is 0 Å². The van der Waals surface area contributed by atoms with Crippen LogP contribution in [0.25, 0.3) is 0 Å². The van der Waals surface area contributed by atoms with Crippen LogP contribution in [0.1, 0.15) is 37.7 Å². The molecule has 0 amide bonds. The first-order chi connectivity index (χ1) is 8.66. The van der Waals surface area contributed by atoms with Crippen LogP contribution < -0.4 is 10.6 Å². The number of piperidine rings is 1. The number of nitrogens with two attached hydrogens (primary N) is 1. The minimum absolute atomic E-state index is 0.0508. The lowest BCUT2D eigenvalue weighted by atomic mass is 10.0. The molecule has 0 aromatic heterocycles. The van der Waals surface area contributed by atoms with Gasteiger partial charge in [0.15, 0.2) is 0 Å². The first kappa shape index (κ1) is 12.3. The molecular weight excluding hydrogens is 244 g/mol. The van der Waals surface area contributed by atoms with E-state index in [2.05, 4.69) is 17.0 Å². The van der Waals surface area contributed by atoms with E-state index in [0.29, 0.717) is 0 Å². The van der Waals surface area contributed by atoms with E-state index in [0.717, 1.165) is 24.3 Å². The van der Waals surface area contributed by atoms with Gasteiger partial charge in [0.25, 0.3) is 0 Å². The van der Waals surface area contributed by atoms with Gasteiger partial charge >= 0.3 is 0 Å². The number of benzene rings is 1. The van der Waals surface area contributed by atoms with Gasteiger partial charge < -0.3 is 10.6 Å². The zero-order valence-electron chi connectivity index (χ0n) is 10.8. The smallest absolute Gasteiger partial charge is 0.0410 e. The van der Waals surface area contributed by atoms with Crippen LogP contribution in [0.15, 0.2) is 18.2 Å². The van der Waals surface area contributed by atoms with E-state index in [1.54, 1.807) is 0 Å². The van der Waals surface area contributed by atoms with Crippen LogP contribution in [0.5, 0.6) is 0 Å². The van der Waals surface area contributed by atoms with Gasteiger partial charge in [0, 0.05) is 29.3 Å². The van der Waals surface area contributed by atoms with Crippen molar-refractivity contribution in [2.24, 2.45) is 5.73 Å². The highest BCUT2D eigenvalue weighted by molar-refractivity contribution is 6.30. The highest BCUT2D eigenvalue weighted by atomic mass is 35.5. The summed E-state index contributed by atoms with van der Waals surface area (Å²) in [5.74, 6) is 0. The highest BCUT2D eigenvalue weighted by Crippen LogP contribution is 2.39. The summed E-state index contributed by atoms with van der Waals surface area (Å²) in [6.07, 6.45) is 7.24. The molecule has 2 nitrogen and oxygen atoms in total. The van der Waals surface area contributed by atoms with E-state index in [1.807, 2.05) is 6.07 Å². The number of anilines is 1. The molecule has 98 valence electrons. The second kappa shape index (κ2) is 4.75. The van der Waals surface area contributed by atoms with Crippen LogP contribution in [-0.4, -0.2) is 18.6 Å². The second-order valence-corrected chi connectivity index (χ2v) is 6.30. The van der Waals surface area contributed by atoms with Crippen molar-refractivity contribution in [2.75, 3.05) is 18.0 Å². The van der Waals surface area contributed by atoms with Crippen molar-refractivity contribution in [2.45, 2.75) is 44.1 Å². The fraction of sp³-hybridized carbons (Fsp3) is 0.600. The summed E-state index contributed by atoms with van der Waals surface area (Å²) < 4.78 is 0. The fourth-order valence-electron chi connectivity index (χ4n) is 2.86. The number of nitrogens with zero attached hydrogens (tertiary/aromatic N) is 1. The molecule has 1 aromatic carbocycles. The first-order valence-corrected chi connectivity index (χ1v) is 7.36. The monoisotopic (exact) mass is 264 g/mol. The number of hydrogen-bond donors (Lipinski definition) is 1. The molecule has 2 aliphatic rings. The van der Waals surface area contributed by atoms with Crippen LogP contribution in [0.4, 0.5) is 5.69 Å². The molecule has 1 saturated carbocycles. The summed E-state index contributed by atoms with van der Waals surface area (Å²) in [4.78, 5) is 2.50. The summed E-state index contributed by atoms with van der Waals surface area (Å²) in [7, 11) is 0. The number of rotatable bonds is 3. The molecule has 1 saturated heterocycles. The van der Waals surface area contributed by atoms with E-state index in [9.17, 15) is 0 Å². The largest absolute Gasteiger partial charge is 0.371 e. The van der Waals surface area contributed by atoms with Crippen molar-refractivity contribution in [3.8, 4) is 0 Å². The molecule has 1 aromatic rings. The third-order valence-electron chi connectivity index (χ3n) is 4.17. The van der Waals surface area contributed by atoms with Gasteiger partial charge in [-0.15, -0.1) is 0 Å². The van der Waals surface area contributed by atoms with Crippen molar-refractivity contribution < 1.29 is 0 Å². The van der Waals surface area contributed by atoms with E-state index in [-0.39, 0.29) is 5.54 Å². The fourth-order valence-corrected chi connectivity index (χ4v) is 3.05. The highest BCUT2D eigenvalue weighted by Gasteiger charge is 2.38. The molecule has 2 fully saturated rings. The Morgan fingerprint density at radius 2 is 1.89 bits per heavy atom. The molecule has 0 radical (unpaired) electrons. The van der Waals surface area contributed by atoms with Crippen molar-refractivity contribution in [3.05, 3.63) is 28.8 Å². The van der Waals surface area contributed by atoms with Crippen molar-refractivity contribution in [1.82, 2.24) is 0 Å². The van der Waals surface area contributed by atoms with Gasteiger partial charge in [-0.3, -0.25) is 0 Å². The first-order valence-electron chi connectivity index (χ1n) is 6.99. The molecule has 3 rings (SSSR count). The Kier molecular flexibility index (Phi) is 3.25. The molecule has 1 aliphatic heterocycles. The van der Waals surface area contributed by atoms with Crippen molar-refractivity contribution in [3.63, 3.8) is 0 Å². The zero-order chi connectivity index (χ0) is 12.6. The molecule has 0 atom stereocenters. The van der Waals surface area contributed by atoms with Crippen LogP contribution in [-0.2, 0) is 6.42 Å². The predicted octanol–water partition coefficient (Wildman–Crippen LogP) is 3.36. The van der Waals surface area contributed by atoms with Gasteiger partial charge in [-0.1, -0.05) is 11.6 Å². The summed E-state index contributed by atoms with van der Waals surface area (Å²) in [6.45, 7) is 2.35. The maximum absolute atomic E-state index is 6.27. The van der Waals surface area contributed by atoms with Crippen LogP contribution in [0.3, 0.4) is 0 Å². The Bertz CT molecular complexity index is 434. The zero-order valence-corrected chi connectivity index (χ0v) is 11.5. The maximum Gasteiger partial charge on any atom is 0.0410 e. The Hall–Kier alpha value is -0.730. The van der Waals surface area contributed by atoms with E-state index < -0.39 is 0 Å². The van der Waals surface area contributed by atoms with E-state index in [4.69, 9.17) is 17.3 Å². The van der Waals surface area contributed by atoms with E-state index in [1.165, 1.54) is 43.6 Å². The Balaban J connectivity index is 1.86. The molecule has 18 heavy (non-hydrogen) atoms. The van der Waals surface area contributed by atoms with Gasteiger partial charge in [0.2, 0.25) is 0 Å². The van der Waals surface area contributed by atoms with Gasteiger partial charge in [-0.05, 0) is 62.3 Å². The molecular formula is C15H21ClN2. The third-order valence-corrected chi connectivity index (χ3v) is 4.41. The summed E-state index contributed by atoms with van der Waals surface area (Å²) in [5.41, 5.74) is 9.01. The average molecular weight is 265 g/mol. The topological polar surface area (TPSA) is 29.3 Å². The lowest BCUT2D eigenvalue weighted by molar-refractivity contribution is 0.574. The second-order valence-electron chi connectivity index (χ2n) is 5.86. The third kappa shape index (κ3) is 2.65. The summed E-state index contributed by atoms with van der Waals surface area (Å²) in [6, 6.07) is 6.29. The lowest BCUT2D eigenvalue weighted by Crippen LogP contribution is -2.32. The van der Waals surface area contributed by atoms with Crippen LogP contribution >= 0.6 is 11.6 Å². The van der Waals surface area contributed by atoms with Gasteiger partial charge in [-0.2, -0.15) is 0 Å². The molecule has 1 aliphatic carbocycles. The predicted molar refractivity (Wildman–Crippen MR) is 77.4 cm³/mol. The minimum Gasteiger partial charge on any atom is -0.371 e. The minimum atomic E-state index is 0.0508. The summed E-state index contributed by atoms with van der Waals surface area (Å²) >= 11 is 6.15. The number of hydrogen-bond acceptors (Lipinski definition) is 2. The normalized spacial score (nSPS) is 22.0. The molecule has 3 heteroatoms. The quantitative estimate of drug-likeness (QED) is 0.907. The Morgan fingerprint density at radius 3 is 2.56 bits per heavy atom. The Labute approximate surface area is 114 Å². The molecule has 0 spiro atoms. The van der Waals surface area contributed by atoms with Crippen molar-refractivity contribution >= 4 is 17.3 Å². The molecule has 2 N–H and O–H groups in total. The average Bonchev–Trinajstić information content (AvgIpc) is 3.08. The molecule has 1 heterocycles. The van der Waals surface area contributed by atoms with Crippen LogP contribution in [0, 0.1) is 0 Å². The lowest BCUT2D eigenvalue weighted by Gasteiger charge is -2.31. The number of halogens is 1. The molecule has 0 unspecified atom stereocenters. The standard InChI is InChI=1S/C15H21ClN2/c16-13-4-5-14(18-8-2-1-3-9-18)12(10-13)11-15(17)6-7-15/h4-5,10H,1-3,6-9,11,17H2. The van der Waals surface area contributed by atoms with E-state index >= 15 is 0 Å². The summed E-state index contributed by atoms with van der Waals surface area (Å²) in [5, 5.41) is 0.829. The Morgan fingerprint density at radius 1 is 1.17 bits per heavy atom. The SMILES string of the molecule is NC1(Cc2cc(Cl)ccc2N2CCCCC2)CC1. The molecule has 0 bridgehead atoms. The van der Waals surface area contributed by atoms with Gasteiger partial charge in [0.1, 0.15) is 0 Å². The maximum atomic E-state index is 6.27. The van der Waals surface area contributed by atoms with Gasteiger partial charge in [0.05, 0.1) is 0 Å². The van der Waals surface area contributed by atoms with Crippen molar-refractivity contribution in [1.29, 1.82) is 0 Å². The van der Waals surface area contributed by atoms with Crippen LogP contribution in [0.2, 0.25) is 5.02 Å².